The lowest BCUT2D eigenvalue weighted by Crippen LogP contribution is -1.99. The average molecular weight is 204 g/mol. The Morgan fingerprint density at radius 3 is 2.73 bits per heavy atom. The van der Waals surface area contributed by atoms with Crippen LogP contribution in [0, 0.1) is 21.4 Å². The highest BCUT2D eigenvalue weighted by molar-refractivity contribution is 5.64. The Hall–Kier alpha value is -2.22. The second-order valence-electron chi connectivity index (χ2n) is 3.07. The molecule has 0 amide bonds. The van der Waals surface area contributed by atoms with E-state index >= 15 is 0 Å². The van der Waals surface area contributed by atoms with Gasteiger partial charge in [-0.15, -0.1) is 0 Å². The van der Waals surface area contributed by atoms with E-state index in [1.165, 1.54) is 18.2 Å². The Balaban J connectivity index is 3.28. The first-order chi connectivity index (χ1) is 7.10. The van der Waals surface area contributed by atoms with Gasteiger partial charge in [-0.3, -0.25) is 10.1 Å². The summed E-state index contributed by atoms with van der Waals surface area (Å²) in [6.07, 6.45) is 0.696. The summed E-state index contributed by atoms with van der Waals surface area (Å²) in [6.45, 7) is 1.63. The SMILES string of the molecule is CC(C=O)c1ccc([N+](=O)[O-])cc1C#N. The Bertz CT molecular complexity index is 448. The summed E-state index contributed by atoms with van der Waals surface area (Å²) in [5.41, 5.74) is 0.537. The van der Waals surface area contributed by atoms with E-state index in [1.807, 2.05) is 6.07 Å². The summed E-state index contributed by atoms with van der Waals surface area (Å²) >= 11 is 0. The zero-order valence-corrected chi connectivity index (χ0v) is 8.01. The molecule has 1 aromatic rings. The van der Waals surface area contributed by atoms with E-state index in [0.29, 0.717) is 11.8 Å². The molecule has 1 unspecified atom stereocenters. The predicted molar refractivity (Wildman–Crippen MR) is 52.3 cm³/mol. The molecule has 0 aliphatic rings. The number of nitro groups is 1. The number of rotatable bonds is 3. The molecule has 1 rings (SSSR count). The monoisotopic (exact) mass is 204 g/mol. The molecule has 0 aliphatic heterocycles. The number of aldehydes is 1. The fraction of sp³-hybridized carbons (Fsp3) is 0.200. The van der Waals surface area contributed by atoms with Gasteiger partial charge in [0.25, 0.3) is 5.69 Å². The molecule has 0 spiro atoms. The van der Waals surface area contributed by atoms with Crippen molar-refractivity contribution in [2.45, 2.75) is 12.8 Å². The highest BCUT2D eigenvalue weighted by Gasteiger charge is 2.14. The van der Waals surface area contributed by atoms with Gasteiger partial charge in [-0.25, -0.2) is 0 Å². The second kappa shape index (κ2) is 4.33. The fourth-order valence-corrected chi connectivity index (χ4v) is 1.23. The molecule has 0 saturated heterocycles. The molecular weight excluding hydrogens is 196 g/mol. The number of hydrogen-bond donors (Lipinski definition) is 0. The first-order valence-corrected chi connectivity index (χ1v) is 4.24. The highest BCUT2D eigenvalue weighted by atomic mass is 16.6. The molecule has 0 fully saturated rings. The standard InChI is InChI=1S/C10H8N2O3/c1-7(6-13)10-3-2-9(12(14)15)4-8(10)5-11/h2-4,6-7H,1H3. The lowest BCUT2D eigenvalue weighted by Gasteiger charge is -2.05. The largest absolute Gasteiger partial charge is 0.303 e. The molecule has 0 radical (unpaired) electrons. The van der Waals surface area contributed by atoms with Crippen LogP contribution in [-0.4, -0.2) is 11.2 Å². The number of carbonyl (C=O) groups excluding carboxylic acids is 1. The number of benzene rings is 1. The summed E-state index contributed by atoms with van der Waals surface area (Å²) < 4.78 is 0. The minimum absolute atomic E-state index is 0.145. The van der Waals surface area contributed by atoms with Crippen LogP contribution in [0.5, 0.6) is 0 Å². The summed E-state index contributed by atoms with van der Waals surface area (Å²) in [7, 11) is 0. The lowest BCUT2D eigenvalue weighted by atomic mass is 9.97. The minimum atomic E-state index is -0.573. The van der Waals surface area contributed by atoms with E-state index in [-0.39, 0.29) is 11.3 Å². The maximum Gasteiger partial charge on any atom is 0.270 e. The lowest BCUT2D eigenvalue weighted by molar-refractivity contribution is -0.384. The van der Waals surface area contributed by atoms with Crippen LogP contribution in [0.1, 0.15) is 24.0 Å². The predicted octanol–water partition coefficient (Wildman–Crippen LogP) is 1.77. The number of carbonyl (C=O) groups is 1. The topological polar surface area (TPSA) is 84.0 Å². The number of hydrogen-bond acceptors (Lipinski definition) is 4. The van der Waals surface area contributed by atoms with Gasteiger partial charge in [-0.05, 0) is 5.56 Å². The zero-order chi connectivity index (χ0) is 11.4. The van der Waals surface area contributed by atoms with Crippen molar-refractivity contribution in [2.24, 2.45) is 0 Å². The van der Waals surface area contributed by atoms with Crippen LogP contribution >= 0.6 is 0 Å². The van der Waals surface area contributed by atoms with Crippen molar-refractivity contribution in [3.63, 3.8) is 0 Å². The van der Waals surface area contributed by atoms with Crippen LogP contribution < -0.4 is 0 Å². The molecule has 1 aromatic carbocycles. The molecule has 5 nitrogen and oxygen atoms in total. The van der Waals surface area contributed by atoms with Gasteiger partial charge >= 0.3 is 0 Å². The normalized spacial score (nSPS) is 11.5. The van der Waals surface area contributed by atoms with Crippen molar-refractivity contribution in [2.75, 3.05) is 0 Å². The Kier molecular flexibility index (Phi) is 3.13. The van der Waals surface area contributed by atoms with Gasteiger partial charge < -0.3 is 4.79 Å². The number of non-ortho nitro benzene ring substituents is 1. The van der Waals surface area contributed by atoms with Crippen LogP contribution in [0.25, 0.3) is 0 Å². The second-order valence-corrected chi connectivity index (χ2v) is 3.07. The maximum atomic E-state index is 10.5. The molecule has 15 heavy (non-hydrogen) atoms. The summed E-state index contributed by atoms with van der Waals surface area (Å²) in [4.78, 5) is 20.4. The molecule has 0 aliphatic carbocycles. The maximum absolute atomic E-state index is 10.5. The Morgan fingerprint density at radius 1 is 1.60 bits per heavy atom. The third-order valence-corrected chi connectivity index (χ3v) is 2.06. The third kappa shape index (κ3) is 2.17. The Labute approximate surface area is 86.1 Å². The van der Waals surface area contributed by atoms with Crippen molar-refractivity contribution < 1.29 is 9.72 Å². The summed E-state index contributed by atoms with van der Waals surface area (Å²) in [5.74, 6) is -0.430. The molecule has 76 valence electrons. The van der Waals surface area contributed by atoms with E-state index in [9.17, 15) is 14.9 Å². The van der Waals surface area contributed by atoms with Crippen LogP contribution in [0.3, 0.4) is 0 Å². The first-order valence-electron chi connectivity index (χ1n) is 4.24. The van der Waals surface area contributed by atoms with Gasteiger partial charge in [0.2, 0.25) is 0 Å². The van der Waals surface area contributed by atoms with Crippen molar-refractivity contribution in [3.05, 3.63) is 39.4 Å². The van der Waals surface area contributed by atoms with E-state index in [2.05, 4.69) is 0 Å². The van der Waals surface area contributed by atoms with Gasteiger partial charge in [0.05, 0.1) is 16.6 Å². The molecule has 0 heterocycles. The van der Waals surface area contributed by atoms with Gasteiger partial charge in [-0.1, -0.05) is 13.0 Å². The first kappa shape index (κ1) is 10.9. The Morgan fingerprint density at radius 2 is 2.27 bits per heavy atom. The molecule has 5 heteroatoms. The summed E-state index contributed by atoms with van der Waals surface area (Å²) in [5, 5.41) is 19.2. The van der Waals surface area contributed by atoms with E-state index in [4.69, 9.17) is 5.26 Å². The fourth-order valence-electron chi connectivity index (χ4n) is 1.23. The van der Waals surface area contributed by atoms with Crippen molar-refractivity contribution in [1.82, 2.24) is 0 Å². The van der Waals surface area contributed by atoms with Gasteiger partial charge in [0.1, 0.15) is 6.29 Å². The van der Waals surface area contributed by atoms with E-state index < -0.39 is 10.8 Å². The number of nitro benzene ring substituents is 1. The molecule has 0 aromatic heterocycles. The average Bonchev–Trinajstić information content (AvgIpc) is 2.27. The molecule has 0 saturated carbocycles. The molecule has 1 atom stereocenters. The van der Waals surface area contributed by atoms with Crippen LogP contribution in [0.2, 0.25) is 0 Å². The van der Waals surface area contributed by atoms with Crippen molar-refractivity contribution >= 4 is 12.0 Å². The highest BCUT2D eigenvalue weighted by Crippen LogP contribution is 2.22. The smallest absolute Gasteiger partial charge is 0.270 e. The minimum Gasteiger partial charge on any atom is -0.303 e. The quantitative estimate of drug-likeness (QED) is 0.426. The molecular formula is C10H8N2O3. The van der Waals surface area contributed by atoms with Crippen molar-refractivity contribution in [1.29, 1.82) is 5.26 Å². The zero-order valence-electron chi connectivity index (χ0n) is 8.01. The van der Waals surface area contributed by atoms with Crippen molar-refractivity contribution in [3.8, 4) is 6.07 Å². The van der Waals surface area contributed by atoms with Gasteiger partial charge in [0.15, 0.2) is 0 Å². The van der Waals surface area contributed by atoms with Gasteiger partial charge in [-0.2, -0.15) is 5.26 Å². The van der Waals surface area contributed by atoms with Gasteiger partial charge in [0, 0.05) is 18.1 Å². The number of nitriles is 1. The summed E-state index contributed by atoms with van der Waals surface area (Å²) in [6, 6.07) is 5.75. The molecule has 0 N–H and O–H groups in total. The molecule has 0 bridgehead atoms. The van der Waals surface area contributed by atoms with Crippen LogP contribution in [0.15, 0.2) is 18.2 Å². The number of nitrogens with zero attached hydrogens (tertiary/aromatic N) is 2. The third-order valence-electron chi connectivity index (χ3n) is 2.06. The van der Waals surface area contributed by atoms with Crippen LogP contribution in [-0.2, 0) is 4.79 Å². The van der Waals surface area contributed by atoms with E-state index in [0.717, 1.165) is 0 Å². The van der Waals surface area contributed by atoms with E-state index in [1.54, 1.807) is 6.92 Å². The van der Waals surface area contributed by atoms with Crippen LogP contribution in [0.4, 0.5) is 5.69 Å².